The van der Waals surface area contributed by atoms with Gasteiger partial charge < -0.3 is 10.4 Å². The molecule has 0 fully saturated rings. The number of aryl methyl sites for hydroxylation is 1. The van der Waals surface area contributed by atoms with Crippen LogP contribution in [0, 0.1) is 6.92 Å². The number of fused-ring (bicyclic) bond motifs is 1. The topological polar surface area (TPSA) is 96.1 Å². The second kappa shape index (κ2) is 5.90. The van der Waals surface area contributed by atoms with Crippen molar-refractivity contribution in [2.75, 3.05) is 17.3 Å². The van der Waals surface area contributed by atoms with Crippen molar-refractivity contribution in [3.8, 4) is 0 Å². The zero-order valence-electron chi connectivity index (χ0n) is 12.0. The molecular weight excluding hydrogens is 274 g/mol. The summed E-state index contributed by atoms with van der Waals surface area (Å²) >= 11 is 1.61. The Labute approximate surface area is 122 Å². The number of rotatable bonds is 6. The minimum absolute atomic E-state index is 0.135. The highest BCUT2D eigenvalue weighted by molar-refractivity contribution is 7.18. The molecule has 0 radical (unpaired) electrons. The van der Waals surface area contributed by atoms with E-state index in [1.165, 1.54) is 4.88 Å². The van der Waals surface area contributed by atoms with Gasteiger partial charge in [0.15, 0.2) is 0 Å². The highest BCUT2D eigenvalue weighted by Crippen LogP contribution is 2.32. The number of nitrogen functional groups attached to an aromatic ring is 1. The highest BCUT2D eigenvalue weighted by atomic mass is 32.1. The van der Waals surface area contributed by atoms with Gasteiger partial charge in [-0.15, -0.1) is 11.3 Å². The molecule has 7 heteroatoms. The summed E-state index contributed by atoms with van der Waals surface area (Å²) < 4.78 is 0. The molecule has 20 heavy (non-hydrogen) atoms. The van der Waals surface area contributed by atoms with Gasteiger partial charge in [0.1, 0.15) is 10.6 Å². The van der Waals surface area contributed by atoms with E-state index in [-0.39, 0.29) is 12.1 Å². The number of nitrogens with zero attached hydrogens (tertiary/aromatic N) is 2. The molecule has 0 amide bonds. The molecule has 110 valence electrons. The first-order valence-corrected chi connectivity index (χ1v) is 7.47. The van der Waals surface area contributed by atoms with Crippen molar-refractivity contribution < 1.29 is 5.11 Å². The minimum Gasteiger partial charge on any atom is -0.396 e. The van der Waals surface area contributed by atoms with Gasteiger partial charge >= 0.3 is 0 Å². The zero-order chi connectivity index (χ0) is 14.8. The molecule has 0 saturated heterocycles. The maximum Gasteiger partial charge on any atom is 0.240 e. The Kier molecular flexibility index (Phi) is 4.42. The molecule has 2 aromatic heterocycles. The van der Waals surface area contributed by atoms with Crippen LogP contribution < -0.4 is 16.6 Å². The molecule has 2 aromatic rings. The molecule has 0 aliphatic carbocycles. The average Bonchev–Trinajstić information content (AvgIpc) is 2.79. The van der Waals surface area contributed by atoms with Crippen molar-refractivity contribution in [2.24, 2.45) is 5.84 Å². The van der Waals surface area contributed by atoms with Crippen molar-refractivity contribution in [3.63, 3.8) is 0 Å². The molecule has 2 heterocycles. The minimum atomic E-state index is -0.211. The predicted octanol–water partition coefficient (Wildman–Crippen LogP) is 2.25. The molecule has 0 aliphatic heterocycles. The van der Waals surface area contributed by atoms with Crippen LogP contribution in [-0.2, 0) is 0 Å². The van der Waals surface area contributed by atoms with E-state index < -0.39 is 0 Å². The molecule has 0 aliphatic rings. The lowest BCUT2D eigenvalue weighted by Gasteiger charge is -2.30. The van der Waals surface area contributed by atoms with Gasteiger partial charge in [0.25, 0.3) is 0 Å². The lowest BCUT2D eigenvalue weighted by Crippen LogP contribution is -2.35. The van der Waals surface area contributed by atoms with Crippen LogP contribution in [0.4, 0.5) is 11.8 Å². The molecule has 1 unspecified atom stereocenters. The van der Waals surface area contributed by atoms with Gasteiger partial charge in [0.2, 0.25) is 5.95 Å². The maximum absolute atomic E-state index is 9.23. The summed E-state index contributed by atoms with van der Waals surface area (Å²) in [5.74, 6) is 6.58. The number of nitrogens with two attached hydrogens (primary N) is 1. The van der Waals surface area contributed by atoms with Crippen LogP contribution in [0.2, 0.25) is 0 Å². The van der Waals surface area contributed by atoms with Crippen LogP contribution in [0.25, 0.3) is 10.2 Å². The summed E-state index contributed by atoms with van der Waals surface area (Å²) in [6, 6.07) is 2.07. The van der Waals surface area contributed by atoms with Crippen LogP contribution >= 0.6 is 11.3 Å². The number of hydrazine groups is 1. The SMILES string of the molecule is CCC(C)(CCO)Nc1nc(NN)nc2sc(C)cc12. The molecule has 0 aromatic carbocycles. The van der Waals surface area contributed by atoms with Crippen molar-refractivity contribution >= 4 is 33.3 Å². The first kappa shape index (κ1) is 15.0. The average molecular weight is 295 g/mol. The van der Waals surface area contributed by atoms with Gasteiger partial charge in [-0.25, -0.2) is 10.8 Å². The molecule has 0 spiro atoms. The third-order valence-corrected chi connectivity index (χ3v) is 4.45. The fraction of sp³-hybridized carbons (Fsp3) is 0.538. The van der Waals surface area contributed by atoms with Gasteiger partial charge in [-0.2, -0.15) is 4.98 Å². The molecular formula is C13H21N5OS. The number of aromatic nitrogens is 2. The normalized spacial score (nSPS) is 14.2. The Balaban J connectivity index is 2.46. The summed E-state index contributed by atoms with van der Waals surface area (Å²) in [6.07, 6.45) is 1.54. The van der Waals surface area contributed by atoms with Crippen LogP contribution in [0.15, 0.2) is 6.07 Å². The quantitative estimate of drug-likeness (QED) is 0.482. The summed E-state index contributed by atoms with van der Waals surface area (Å²) in [5.41, 5.74) is 2.29. The fourth-order valence-electron chi connectivity index (χ4n) is 2.06. The third-order valence-electron chi connectivity index (χ3n) is 3.51. The summed E-state index contributed by atoms with van der Waals surface area (Å²) in [6.45, 7) is 6.34. The van der Waals surface area contributed by atoms with E-state index >= 15 is 0 Å². The number of thiophene rings is 1. The van der Waals surface area contributed by atoms with E-state index in [0.717, 1.165) is 22.5 Å². The number of hydrogen-bond donors (Lipinski definition) is 4. The number of anilines is 2. The van der Waals surface area contributed by atoms with Crippen molar-refractivity contribution in [1.82, 2.24) is 9.97 Å². The third kappa shape index (κ3) is 3.00. The molecule has 1 atom stereocenters. The van der Waals surface area contributed by atoms with Crippen LogP contribution in [0.1, 0.15) is 31.6 Å². The molecule has 6 nitrogen and oxygen atoms in total. The smallest absolute Gasteiger partial charge is 0.240 e. The van der Waals surface area contributed by atoms with Gasteiger partial charge in [0, 0.05) is 17.0 Å². The van der Waals surface area contributed by atoms with Crippen molar-refractivity contribution in [1.29, 1.82) is 0 Å². The largest absolute Gasteiger partial charge is 0.396 e. The lowest BCUT2D eigenvalue weighted by molar-refractivity contribution is 0.252. The van der Waals surface area contributed by atoms with Crippen LogP contribution in [0.3, 0.4) is 0 Å². The maximum atomic E-state index is 9.23. The van der Waals surface area contributed by atoms with Gasteiger partial charge in [-0.3, -0.25) is 5.43 Å². The molecule has 5 N–H and O–H groups in total. The molecule has 0 saturated carbocycles. The molecule has 0 bridgehead atoms. The van der Waals surface area contributed by atoms with Crippen molar-refractivity contribution in [3.05, 3.63) is 10.9 Å². The second-order valence-corrected chi connectivity index (χ2v) is 6.36. The van der Waals surface area contributed by atoms with Crippen LogP contribution in [0.5, 0.6) is 0 Å². The van der Waals surface area contributed by atoms with Gasteiger partial charge in [-0.1, -0.05) is 6.92 Å². The Morgan fingerprint density at radius 1 is 1.45 bits per heavy atom. The Bertz CT molecular complexity index is 600. The summed E-state index contributed by atoms with van der Waals surface area (Å²) in [4.78, 5) is 10.8. The van der Waals surface area contributed by atoms with E-state index in [2.05, 4.69) is 40.6 Å². The number of hydrogen-bond acceptors (Lipinski definition) is 7. The Hall–Kier alpha value is -1.44. The van der Waals surface area contributed by atoms with Crippen LogP contribution in [-0.4, -0.2) is 27.2 Å². The van der Waals surface area contributed by atoms with E-state index in [9.17, 15) is 5.11 Å². The lowest BCUT2D eigenvalue weighted by atomic mass is 9.95. The van der Waals surface area contributed by atoms with E-state index in [1.807, 2.05) is 6.92 Å². The fourth-order valence-corrected chi connectivity index (χ4v) is 2.94. The standard InChI is InChI=1S/C13H21N5OS/c1-4-13(3,5-6-19)17-10-9-7-8(2)20-11(9)16-12(15-10)18-14/h7,19H,4-6,14H2,1-3H3,(H2,15,16,17,18). The second-order valence-electron chi connectivity index (χ2n) is 5.13. The predicted molar refractivity (Wildman–Crippen MR) is 84.0 cm³/mol. The van der Waals surface area contributed by atoms with E-state index in [4.69, 9.17) is 5.84 Å². The number of aliphatic hydroxyl groups excluding tert-OH is 1. The van der Waals surface area contributed by atoms with Gasteiger partial charge in [0.05, 0.1) is 5.39 Å². The number of aliphatic hydroxyl groups is 1. The molecule has 2 rings (SSSR count). The van der Waals surface area contributed by atoms with E-state index in [0.29, 0.717) is 12.4 Å². The van der Waals surface area contributed by atoms with E-state index in [1.54, 1.807) is 11.3 Å². The monoisotopic (exact) mass is 295 g/mol. The Morgan fingerprint density at radius 3 is 2.80 bits per heavy atom. The van der Waals surface area contributed by atoms with Crippen molar-refractivity contribution in [2.45, 2.75) is 39.2 Å². The number of nitrogens with one attached hydrogen (secondary N) is 2. The first-order valence-electron chi connectivity index (χ1n) is 6.65. The summed E-state index contributed by atoms with van der Waals surface area (Å²) in [7, 11) is 0. The zero-order valence-corrected chi connectivity index (χ0v) is 12.8. The summed E-state index contributed by atoms with van der Waals surface area (Å²) in [5, 5.41) is 13.7. The van der Waals surface area contributed by atoms with Gasteiger partial charge in [-0.05, 0) is 32.8 Å². The Morgan fingerprint density at radius 2 is 2.20 bits per heavy atom. The first-order chi connectivity index (χ1) is 9.51. The highest BCUT2D eigenvalue weighted by Gasteiger charge is 2.23.